The smallest absolute Gasteiger partial charge is 0.164 e. The number of nitrogens with zero attached hydrogens (tertiary/aromatic N) is 5. The Bertz CT molecular complexity index is 4280. The van der Waals surface area contributed by atoms with E-state index in [0.717, 1.165) is 55.5 Å². The average Bonchev–Trinajstić information content (AvgIpc) is 3.93. The number of hydrogen-bond donors (Lipinski definition) is 0. The summed E-state index contributed by atoms with van der Waals surface area (Å²) in [6.07, 6.45) is 0. The van der Waals surface area contributed by atoms with Crippen molar-refractivity contribution in [2.75, 3.05) is 0 Å². The number of rotatable bonds is 6. The van der Waals surface area contributed by atoms with Crippen molar-refractivity contribution in [2.24, 2.45) is 0 Å². The van der Waals surface area contributed by atoms with Crippen molar-refractivity contribution in [2.45, 2.75) is 0 Å². The summed E-state index contributed by atoms with van der Waals surface area (Å²) in [5.41, 5.74) is 11.8. The molecular weight excluding hydrogens is 827 g/mol. The van der Waals surface area contributed by atoms with Crippen LogP contribution in [-0.4, -0.2) is 24.1 Å². The lowest BCUT2D eigenvalue weighted by atomic mass is 9.93. The lowest BCUT2D eigenvalue weighted by molar-refractivity contribution is 1.07. The molecule has 0 atom stereocenters. The molecule has 0 bridgehead atoms. The first-order valence-corrected chi connectivity index (χ1v) is 23.1. The minimum Gasteiger partial charge on any atom is -0.309 e. The fourth-order valence-corrected chi connectivity index (χ4v) is 10.6. The molecule has 11 aromatic carbocycles. The molecule has 5 heteroatoms. The van der Waals surface area contributed by atoms with Crippen molar-refractivity contribution >= 4 is 75.9 Å². The summed E-state index contributed by atoms with van der Waals surface area (Å²) in [6.45, 7) is 0. The van der Waals surface area contributed by atoms with Crippen molar-refractivity contribution in [3.63, 3.8) is 0 Å². The molecule has 0 aliphatic carbocycles. The van der Waals surface area contributed by atoms with Gasteiger partial charge in [-0.15, -0.1) is 0 Å². The molecule has 0 aliphatic heterocycles. The lowest BCUT2D eigenvalue weighted by Gasteiger charge is -2.13. The molecule has 68 heavy (non-hydrogen) atoms. The van der Waals surface area contributed by atoms with Crippen LogP contribution in [0.5, 0.6) is 0 Å². The van der Waals surface area contributed by atoms with E-state index in [2.05, 4.69) is 246 Å². The highest BCUT2D eigenvalue weighted by Crippen LogP contribution is 2.40. The molecule has 316 valence electrons. The van der Waals surface area contributed by atoms with Crippen molar-refractivity contribution in [1.82, 2.24) is 24.1 Å². The first kappa shape index (κ1) is 38.1. The summed E-state index contributed by atoms with van der Waals surface area (Å²) >= 11 is 0. The van der Waals surface area contributed by atoms with Gasteiger partial charge in [0, 0.05) is 49.6 Å². The maximum absolute atomic E-state index is 5.36. The summed E-state index contributed by atoms with van der Waals surface area (Å²) in [6, 6.07) is 84.6. The Balaban J connectivity index is 0.980. The van der Waals surface area contributed by atoms with Gasteiger partial charge in [-0.05, 0) is 116 Å². The second kappa shape index (κ2) is 15.2. The first-order valence-electron chi connectivity index (χ1n) is 23.1. The molecule has 0 unspecified atom stereocenters. The van der Waals surface area contributed by atoms with Crippen LogP contribution in [0.15, 0.2) is 237 Å². The van der Waals surface area contributed by atoms with Gasteiger partial charge < -0.3 is 9.13 Å². The zero-order valence-electron chi connectivity index (χ0n) is 36.8. The highest BCUT2D eigenvalue weighted by molar-refractivity contribution is 6.25. The van der Waals surface area contributed by atoms with Crippen LogP contribution in [-0.2, 0) is 0 Å². The number of aromatic nitrogens is 5. The topological polar surface area (TPSA) is 48.5 Å². The standard InChI is InChI=1S/C63H39N5/c1-3-16-40(17-4-1)41-31-34-60-55(37-41)52-26-12-14-29-58(52)68(60)46-21-15-18-42(36-46)61-64-62(43-30-33-51-49-24-8-7-22-47(49)48-23-9-10-25-50(48)54(51)38-43)66-63(65-61)44-32-35-59-56(39-44)53-27-11-13-28-57(53)67(59)45-19-5-2-6-20-45/h1-39H. The SMILES string of the molecule is c1ccc(-c2ccc3c(c2)c2ccccc2n3-c2cccc(-c3nc(-c4ccc5c6ccccc6c6ccccc6c5c4)nc(-c4ccc5c(c4)c4ccccc4n5-c4ccccc4)n3)c2)cc1. The summed E-state index contributed by atoms with van der Waals surface area (Å²) in [5, 5.41) is 12.0. The van der Waals surface area contributed by atoms with Crippen LogP contribution in [0.1, 0.15) is 0 Å². The Hall–Kier alpha value is -9.19. The van der Waals surface area contributed by atoms with Crippen LogP contribution in [0, 0.1) is 0 Å². The van der Waals surface area contributed by atoms with Gasteiger partial charge in [-0.1, -0.05) is 164 Å². The fourth-order valence-electron chi connectivity index (χ4n) is 10.6. The van der Waals surface area contributed by atoms with Crippen molar-refractivity contribution < 1.29 is 0 Å². The summed E-state index contributed by atoms with van der Waals surface area (Å²) < 4.78 is 4.70. The van der Waals surface area contributed by atoms with E-state index < -0.39 is 0 Å². The van der Waals surface area contributed by atoms with E-state index in [-0.39, 0.29) is 0 Å². The van der Waals surface area contributed by atoms with Crippen molar-refractivity contribution in [1.29, 1.82) is 0 Å². The third-order valence-corrected chi connectivity index (χ3v) is 13.7. The zero-order chi connectivity index (χ0) is 44.7. The number of fused-ring (bicyclic) bond motifs is 12. The number of benzene rings is 11. The van der Waals surface area contributed by atoms with Crippen LogP contribution in [0.3, 0.4) is 0 Å². The molecule has 0 fully saturated rings. The maximum atomic E-state index is 5.36. The quantitative estimate of drug-likeness (QED) is 0.156. The molecule has 3 heterocycles. The monoisotopic (exact) mass is 865 g/mol. The highest BCUT2D eigenvalue weighted by atomic mass is 15.0. The minimum absolute atomic E-state index is 0.606. The van der Waals surface area contributed by atoms with Gasteiger partial charge in [-0.25, -0.2) is 15.0 Å². The number of para-hydroxylation sites is 3. The van der Waals surface area contributed by atoms with E-state index in [1.807, 2.05) is 0 Å². The molecule has 0 amide bonds. The highest BCUT2D eigenvalue weighted by Gasteiger charge is 2.19. The molecule has 0 saturated carbocycles. The largest absolute Gasteiger partial charge is 0.309 e. The van der Waals surface area contributed by atoms with Crippen LogP contribution < -0.4 is 0 Å². The van der Waals surface area contributed by atoms with Crippen molar-refractivity contribution in [3.8, 4) is 56.7 Å². The summed E-state index contributed by atoms with van der Waals surface area (Å²) in [4.78, 5) is 16.1. The van der Waals surface area contributed by atoms with Gasteiger partial charge in [0.05, 0.1) is 22.1 Å². The molecule has 0 saturated heterocycles. The Morgan fingerprint density at radius 1 is 0.206 bits per heavy atom. The van der Waals surface area contributed by atoms with Gasteiger partial charge in [0.25, 0.3) is 0 Å². The predicted octanol–water partition coefficient (Wildman–Crippen LogP) is 16.2. The normalized spacial score (nSPS) is 11.8. The first-order chi connectivity index (χ1) is 33.7. The van der Waals surface area contributed by atoms with Crippen molar-refractivity contribution in [3.05, 3.63) is 237 Å². The molecule has 14 rings (SSSR count). The second-order valence-electron chi connectivity index (χ2n) is 17.6. The minimum atomic E-state index is 0.606. The van der Waals surface area contributed by atoms with Gasteiger partial charge in [0.2, 0.25) is 0 Å². The molecule has 0 spiro atoms. The molecule has 5 nitrogen and oxygen atoms in total. The second-order valence-corrected chi connectivity index (χ2v) is 17.6. The third-order valence-electron chi connectivity index (χ3n) is 13.7. The maximum Gasteiger partial charge on any atom is 0.164 e. The average molecular weight is 866 g/mol. The Labute approximate surface area is 391 Å². The molecular formula is C63H39N5. The van der Waals surface area contributed by atoms with E-state index in [4.69, 9.17) is 15.0 Å². The van der Waals surface area contributed by atoms with Gasteiger partial charge in [-0.3, -0.25) is 0 Å². The van der Waals surface area contributed by atoms with E-state index >= 15 is 0 Å². The van der Waals surface area contributed by atoms with Gasteiger partial charge in [0.1, 0.15) is 0 Å². The fraction of sp³-hybridized carbons (Fsp3) is 0. The van der Waals surface area contributed by atoms with Gasteiger partial charge in [-0.2, -0.15) is 0 Å². The lowest BCUT2D eigenvalue weighted by Crippen LogP contribution is -2.01. The zero-order valence-corrected chi connectivity index (χ0v) is 36.8. The van der Waals surface area contributed by atoms with E-state index in [1.165, 1.54) is 59.6 Å². The van der Waals surface area contributed by atoms with E-state index in [9.17, 15) is 0 Å². The molecule has 0 radical (unpaired) electrons. The van der Waals surface area contributed by atoms with Crippen LogP contribution in [0.2, 0.25) is 0 Å². The summed E-state index contributed by atoms with van der Waals surface area (Å²) in [5.74, 6) is 1.84. The third kappa shape index (κ3) is 5.99. The summed E-state index contributed by atoms with van der Waals surface area (Å²) in [7, 11) is 0. The van der Waals surface area contributed by atoms with Crippen LogP contribution >= 0.6 is 0 Å². The number of hydrogen-bond acceptors (Lipinski definition) is 3. The van der Waals surface area contributed by atoms with Crippen LogP contribution in [0.25, 0.3) is 133 Å². The molecule has 0 N–H and O–H groups in total. The predicted molar refractivity (Wildman–Crippen MR) is 283 cm³/mol. The van der Waals surface area contributed by atoms with Gasteiger partial charge >= 0.3 is 0 Å². The Morgan fingerprint density at radius 3 is 1.16 bits per heavy atom. The molecule has 3 aromatic heterocycles. The van der Waals surface area contributed by atoms with Gasteiger partial charge in [0.15, 0.2) is 17.5 Å². The molecule has 14 aromatic rings. The van der Waals surface area contributed by atoms with E-state index in [1.54, 1.807) is 0 Å². The van der Waals surface area contributed by atoms with E-state index in [0.29, 0.717) is 17.5 Å². The molecule has 0 aliphatic rings. The Morgan fingerprint density at radius 2 is 0.574 bits per heavy atom. The Kier molecular flexibility index (Phi) is 8.52. The van der Waals surface area contributed by atoms with Crippen LogP contribution in [0.4, 0.5) is 0 Å².